The Labute approximate surface area is 148 Å². The zero-order valence-corrected chi connectivity index (χ0v) is 15.5. The molecule has 1 atom stereocenters. The van der Waals surface area contributed by atoms with Crippen LogP contribution in [-0.4, -0.2) is 33.9 Å². The van der Waals surface area contributed by atoms with Crippen molar-refractivity contribution >= 4 is 17.4 Å². The summed E-state index contributed by atoms with van der Waals surface area (Å²) in [6.07, 6.45) is 0.743. The molecule has 0 radical (unpaired) electrons. The van der Waals surface area contributed by atoms with Gasteiger partial charge in [0.05, 0.1) is 11.4 Å². The predicted octanol–water partition coefficient (Wildman–Crippen LogP) is 3.12. The van der Waals surface area contributed by atoms with E-state index in [2.05, 4.69) is 10.4 Å². The van der Waals surface area contributed by atoms with Crippen molar-refractivity contribution < 1.29 is 9.53 Å². The first kappa shape index (κ1) is 17.3. The summed E-state index contributed by atoms with van der Waals surface area (Å²) in [6, 6.07) is 9.43. The molecule has 1 aromatic heterocycles. The number of hydrogen-bond acceptors (Lipinski definition) is 4. The van der Waals surface area contributed by atoms with Gasteiger partial charge in [0.1, 0.15) is 23.2 Å². The van der Waals surface area contributed by atoms with E-state index >= 15 is 0 Å². The number of carbonyl (C=O) groups excluding carboxylic acids is 1. The van der Waals surface area contributed by atoms with Crippen LogP contribution in [0.25, 0.3) is 0 Å². The maximum Gasteiger partial charge on any atom is 0.250 e. The molecular weight excluding hydrogens is 316 g/mol. The van der Waals surface area contributed by atoms with Crippen LogP contribution in [-0.2, 0) is 11.8 Å². The summed E-state index contributed by atoms with van der Waals surface area (Å²) in [5, 5.41) is 7.70. The van der Waals surface area contributed by atoms with Gasteiger partial charge >= 0.3 is 0 Å². The van der Waals surface area contributed by atoms with E-state index < -0.39 is 0 Å². The fraction of sp³-hybridized carbons (Fsp3) is 0.474. The average molecular weight is 342 g/mol. The van der Waals surface area contributed by atoms with Crippen LogP contribution < -0.4 is 15.0 Å². The number of nitrogens with one attached hydrogen (secondary N) is 1. The number of benzene rings is 1. The number of anilines is 2. The molecule has 2 aromatic rings. The normalized spacial score (nSPS) is 17.9. The minimum Gasteiger partial charge on any atom is -0.486 e. The fourth-order valence-corrected chi connectivity index (χ4v) is 3.08. The quantitative estimate of drug-likeness (QED) is 0.927. The molecule has 0 aliphatic carbocycles. The highest BCUT2D eigenvalue weighted by atomic mass is 16.5. The van der Waals surface area contributed by atoms with Crippen molar-refractivity contribution in [2.24, 2.45) is 7.05 Å². The molecule has 1 saturated heterocycles. The van der Waals surface area contributed by atoms with Gasteiger partial charge in [0.15, 0.2) is 0 Å². The molecule has 2 heterocycles. The van der Waals surface area contributed by atoms with Crippen LogP contribution in [0.3, 0.4) is 0 Å². The lowest BCUT2D eigenvalue weighted by atomic mass is 10.1. The molecule has 1 aliphatic heterocycles. The third-order valence-corrected chi connectivity index (χ3v) is 4.09. The number of para-hydroxylation sites is 2. The molecule has 3 rings (SSSR count). The van der Waals surface area contributed by atoms with E-state index in [4.69, 9.17) is 4.74 Å². The standard InChI is InChI=1S/C19H26N4O2/c1-13-12-17(22(5)21-13)23-11-10-15(18(23)24)20-14-8-6-7-9-16(14)25-19(2,3)4/h6-9,12,15,20H,10-11H2,1-5H3/t15-/m0/s1. The first-order chi connectivity index (χ1) is 11.7. The summed E-state index contributed by atoms with van der Waals surface area (Å²) in [5.74, 6) is 1.66. The molecule has 1 aromatic carbocycles. The van der Waals surface area contributed by atoms with Gasteiger partial charge in [0.25, 0.3) is 5.91 Å². The minimum absolute atomic E-state index is 0.0635. The third kappa shape index (κ3) is 3.78. The van der Waals surface area contributed by atoms with E-state index in [-0.39, 0.29) is 17.6 Å². The molecule has 6 heteroatoms. The Hall–Kier alpha value is -2.50. The molecule has 25 heavy (non-hydrogen) atoms. The fourth-order valence-electron chi connectivity index (χ4n) is 3.08. The Balaban J connectivity index is 1.77. The molecule has 1 N–H and O–H groups in total. The Morgan fingerprint density at radius 2 is 2.00 bits per heavy atom. The molecule has 0 unspecified atom stereocenters. The van der Waals surface area contributed by atoms with E-state index in [0.29, 0.717) is 6.54 Å². The Bertz CT molecular complexity index is 776. The van der Waals surface area contributed by atoms with Crippen molar-refractivity contribution in [1.82, 2.24) is 9.78 Å². The van der Waals surface area contributed by atoms with Crippen molar-refractivity contribution in [3.8, 4) is 5.75 Å². The second kappa shape index (κ2) is 6.43. The van der Waals surface area contributed by atoms with Crippen LogP contribution in [0.1, 0.15) is 32.9 Å². The zero-order chi connectivity index (χ0) is 18.2. The summed E-state index contributed by atoms with van der Waals surface area (Å²) in [7, 11) is 1.86. The summed E-state index contributed by atoms with van der Waals surface area (Å²) in [4.78, 5) is 14.6. The maximum atomic E-state index is 12.8. The molecule has 0 bridgehead atoms. The largest absolute Gasteiger partial charge is 0.486 e. The van der Waals surface area contributed by atoms with Crippen molar-refractivity contribution in [3.63, 3.8) is 0 Å². The van der Waals surface area contributed by atoms with Gasteiger partial charge in [-0.05, 0) is 46.2 Å². The van der Waals surface area contributed by atoms with E-state index in [0.717, 1.165) is 29.4 Å². The van der Waals surface area contributed by atoms with Gasteiger partial charge < -0.3 is 10.1 Å². The molecule has 0 saturated carbocycles. The first-order valence-corrected chi connectivity index (χ1v) is 8.61. The lowest BCUT2D eigenvalue weighted by molar-refractivity contribution is -0.117. The van der Waals surface area contributed by atoms with E-state index in [1.807, 2.05) is 65.1 Å². The number of nitrogens with zero attached hydrogens (tertiary/aromatic N) is 3. The van der Waals surface area contributed by atoms with E-state index in [1.165, 1.54) is 0 Å². The summed E-state index contributed by atoms with van der Waals surface area (Å²) in [6.45, 7) is 8.64. The molecule has 134 valence electrons. The average Bonchev–Trinajstić information content (AvgIpc) is 3.02. The second-order valence-electron chi connectivity index (χ2n) is 7.45. The predicted molar refractivity (Wildman–Crippen MR) is 99.1 cm³/mol. The van der Waals surface area contributed by atoms with Crippen LogP contribution in [0.4, 0.5) is 11.5 Å². The number of rotatable bonds is 4. The Morgan fingerprint density at radius 1 is 1.28 bits per heavy atom. The van der Waals surface area contributed by atoms with Crippen molar-refractivity contribution in [2.75, 3.05) is 16.8 Å². The van der Waals surface area contributed by atoms with Crippen molar-refractivity contribution in [2.45, 2.75) is 45.8 Å². The van der Waals surface area contributed by atoms with Gasteiger partial charge in [-0.3, -0.25) is 14.4 Å². The van der Waals surface area contributed by atoms with Gasteiger partial charge in [-0.15, -0.1) is 0 Å². The summed E-state index contributed by atoms with van der Waals surface area (Å²) >= 11 is 0. The number of ether oxygens (including phenoxy) is 1. The first-order valence-electron chi connectivity index (χ1n) is 8.61. The number of carbonyl (C=O) groups is 1. The SMILES string of the molecule is Cc1cc(N2CC[C@H](Nc3ccccc3OC(C)(C)C)C2=O)n(C)n1. The zero-order valence-electron chi connectivity index (χ0n) is 15.5. The number of hydrogen-bond donors (Lipinski definition) is 1. The number of aryl methyl sites for hydroxylation is 2. The highest BCUT2D eigenvalue weighted by molar-refractivity contribution is 6.00. The molecular formula is C19H26N4O2. The monoisotopic (exact) mass is 342 g/mol. The van der Waals surface area contributed by atoms with Crippen LogP contribution in [0.5, 0.6) is 5.75 Å². The molecule has 1 fully saturated rings. The van der Waals surface area contributed by atoms with Gasteiger partial charge in [-0.2, -0.15) is 5.10 Å². The smallest absolute Gasteiger partial charge is 0.250 e. The Kier molecular flexibility index (Phi) is 4.45. The van der Waals surface area contributed by atoms with Gasteiger partial charge in [-0.25, -0.2) is 0 Å². The number of aromatic nitrogens is 2. The lowest BCUT2D eigenvalue weighted by Crippen LogP contribution is -2.34. The third-order valence-electron chi connectivity index (χ3n) is 4.09. The molecule has 1 amide bonds. The van der Waals surface area contributed by atoms with Gasteiger partial charge in [0, 0.05) is 19.7 Å². The Morgan fingerprint density at radius 3 is 2.64 bits per heavy atom. The topological polar surface area (TPSA) is 59.4 Å². The second-order valence-corrected chi connectivity index (χ2v) is 7.45. The van der Waals surface area contributed by atoms with E-state index in [9.17, 15) is 4.79 Å². The summed E-state index contributed by atoms with van der Waals surface area (Å²) in [5.41, 5.74) is 1.46. The van der Waals surface area contributed by atoms with Crippen molar-refractivity contribution in [1.29, 1.82) is 0 Å². The highest BCUT2D eigenvalue weighted by Gasteiger charge is 2.34. The maximum absolute atomic E-state index is 12.8. The van der Waals surface area contributed by atoms with Crippen LogP contribution in [0.15, 0.2) is 30.3 Å². The van der Waals surface area contributed by atoms with Gasteiger partial charge in [-0.1, -0.05) is 12.1 Å². The minimum atomic E-state index is -0.296. The molecule has 1 aliphatic rings. The van der Waals surface area contributed by atoms with Crippen molar-refractivity contribution in [3.05, 3.63) is 36.0 Å². The lowest BCUT2D eigenvalue weighted by Gasteiger charge is -2.24. The van der Waals surface area contributed by atoms with Crippen LogP contribution in [0, 0.1) is 6.92 Å². The number of amides is 1. The molecule has 6 nitrogen and oxygen atoms in total. The van der Waals surface area contributed by atoms with E-state index in [1.54, 1.807) is 9.58 Å². The molecule has 0 spiro atoms. The van der Waals surface area contributed by atoms with Crippen LogP contribution in [0.2, 0.25) is 0 Å². The summed E-state index contributed by atoms with van der Waals surface area (Å²) < 4.78 is 7.77. The van der Waals surface area contributed by atoms with Crippen LogP contribution >= 0.6 is 0 Å². The van der Waals surface area contributed by atoms with Gasteiger partial charge in [0.2, 0.25) is 0 Å². The highest BCUT2D eigenvalue weighted by Crippen LogP contribution is 2.30.